The topological polar surface area (TPSA) is 21.3 Å². The fraction of sp³-hybridized carbons (Fsp3) is 0.647. The molecule has 0 bridgehead atoms. The van der Waals surface area contributed by atoms with Gasteiger partial charge in [0.2, 0.25) is 0 Å². The molecule has 0 saturated heterocycles. The Balaban J connectivity index is 2.09. The Morgan fingerprint density at radius 1 is 1.33 bits per heavy atom. The zero-order valence-corrected chi connectivity index (χ0v) is 13.6. The fourth-order valence-corrected chi connectivity index (χ4v) is 3.61. The van der Waals surface area contributed by atoms with Crippen LogP contribution in [0.1, 0.15) is 37.7 Å². The summed E-state index contributed by atoms with van der Waals surface area (Å²) in [5.41, 5.74) is 0.691. The molecule has 0 heterocycles. The largest absolute Gasteiger partial charge is 0.380 e. The van der Waals surface area contributed by atoms with Crippen LogP contribution in [-0.4, -0.2) is 26.3 Å². The predicted octanol–water partition coefficient (Wildman–Crippen LogP) is 4.20. The molecule has 1 aromatic rings. The third kappa shape index (κ3) is 4.41. The molecule has 1 fully saturated rings. The molecule has 1 N–H and O–H groups in total. The molecule has 2 unspecified atom stereocenters. The summed E-state index contributed by atoms with van der Waals surface area (Å²) >= 11 is 5.82. The van der Waals surface area contributed by atoms with E-state index in [4.69, 9.17) is 16.3 Å². The molecule has 2 nitrogen and oxygen atoms in total. The smallest absolute Gasteiger partial charge is 0.127 e. The number of methoxy groups -OCH3 is 1. The van der Waals surface area contributed by atoms with Crippen molar-refractivity contribution in [2.45, 2.75) is 50.7 Å². The molecule has 1 aliphatic rings. The van der Waals surface area contributed by atoms with E-state index in [1.807, 2.05) is 7.05 Å². The SMILES string of the molecule is CNC(Cc1ccc(Cl)cc1F)C(OC)C1CCCCC1. The minimum absolute atomic E-state index is 0.119. The Labute approximate surface area is 132 Å². The lowest BCUT2D eigenvalue weighted by Crippen LogP contribution is -2.45. The van der Waals surface area contributed by atoms with E-state index in [0.29, 0.717) is 22.9 Å². The van der Waals surface area contributed by atoms with Crippen LogP contribution in [0.2, 0.25) is 5.02 Å². The first-order valence-corrected chi connectivity index (χ1v) is 8.17. The molecule has 0 aliphatic heterocycles. The number of hydrogen-bond donors (Lipinski definition) is 1. The Bertz CT molecular complexity index is 448. The van der Waals surface area contributed by atoms with Crippen LogP contribution in [0.15, 0.2) is 18.2 Å². The van der Waals surface area contributed by atoms with E-state index in [2.05, 4.69) is 5.32 Å². The van der Waals surface area contributed by atoms with Crippen molar-refractivity contribution in [3.63, 3.8) is 0 Å². The monoisotopic (exact) mass is 313 g/mol. The van der Waals surface area contributed by atoms with Crippen molar-refractivity contribution >= 4 is 11.6 Å². The van der Waals surface area contributed by atoms with Crippen LogP contribution in [0, 0.1) is 11.7 Å². The maximum Gasteiger partial charge on any atom is 0.127 e. The van der Waals surface area contributed by atoms with Gasteiger partial charge in [0, 0.05) is 18.2 Å². The van der Waals surface area contributed by atoms with E-state index in [1.54, 1.807) is 19.2 Å². The van der Waals surface area contributed by atoms with Crippen LogP contribution < -0.4 is 5.32 Å². The standard InChI is InChI=1S/C17H25ClFNO/c1-20-16(10-13-8-9-14(18)11-15(13)19)17(21-2)12-6-4-3-5-7-12/h8-9,11-12,16-17,20H,3-7,10H2,1-2H3. The van der Waals surface area contributed by atoms with E-state index in [0.717, 1.165) is 0 Å². The minimum atomic E-state index is -0.235. The Morgan fingerprint density at radius 3 is 2.62 bits per heavy atom. The first kappa shape index (κ1) is 16.7. The highest BCUT2D eigenvalue weighted by molar-refractivity contribution is 6.30. The van der Waals surface area contributed by atoms with Crippen LogP contribution in [-0.2, 0) is 11.2 Å². The quantitative estimate of drug-likeness (QED) is 0.849. The molecule has 1 aliphatic carbocycles. The lowest BCUT2D eigenvalue weighted by molar-refractivity contribution is 0.00998. The summed E-state index contributed by atoms with van der Waals surface area (Å²) in [7, 11) is 3.69. The molecule has 2 rings (SSSR count). The summed E-state index contributed by atoms with van der Waals surface area (Å²) in [6, 6.07) is 5.02. The molecule has 118 valence electrons. The maximum absolute atomic E-state index is 14.0. The van der Waals surface area contributed by atoms with Crippen molar-refractivity contribution in [1.82, 2.24) is 5.32 Å². The predicted molar refractivity (Wildman–Crippen MR) is 85.3 cm³/mol. The van der Waals surface area contributed by atoms with Gasteiger partial charge < -0.3 is 10.1 Å². The molecule has 0 aromatic heterocycles. The zero-order chi connectivity index (χ0) is 15.2. The first-order valence-electron chi connectivity index (χ1n) is 7.79. The van der Waals surface area contributed by atoms with Gasteiger partial charge in [0.25, 0.3) is 0 Å². The van der Waals surface area contributed by atoms with Gasteiger partial charge in [-0.25, -0.2) is 4.39 Å². The average molecular weight is 314 g/mol. The second-order valence-electron chi connectivity index (χ2n) is 5.93. The van der Waals surface area contributed by atoms with Crippen LogP contribution >= 0.6 is 11.6 Å². The zero-order valence-electron chi connectivity index (χ0n) is 12.9. The van der Waals surface area contributed by atoms with Crippen LogP contribution in [0.5, 0.6) is 0 Å². The first-order chi connectivity index (χ1) is 10.2. The summed E-state index contributed by atoms with van der Waals surface area (Å²) in [5, 5.41) is 3.75. The van der Waals surface area contributed by atoms with Gasteiger partial charge in [-0.3, -0.25) is 0 Å². The molecule has 1 aromatic carbocycles. The summed E-state index contributed by atoms with van der Waals surface area (Å²) in [4.78, 5) is 0. The number of benzene rings is 1. The Hall–Kier alpha value is -0.640. The third-order valence-corrected chi connectivity index (χ3v) is 4.84. The number of likely N-dealkylation sites (N-methyl/N-ethyl adjacent to an activating group) is 1. The van der Waals surface area contributed by atoms with Gasteiger partial charge in [-0.05, 0) is 49.9 Å². The highest BCUT2D eigenvalue weighted by Gasteiger charge is 2.30. The number of hydrogen-bond acceptors (Lipinski definition) is 2. The maximum atomic E-state index is 14.0. The molecule has 0 radical (unpaired) electrons. The minimum Gasteiger partial charge on any atom is -0.380 e. The fourth-order valence-electron chi connectivity index (χ4n) is 3.45. The van der Waals surface area contributed by atoms with Crippen molar-refractivity contribution in [2.24, 2.45) is 5.92 Å². The number of nitrogens with one attached hydrogen (secondary N) is 1. The molecular weight excluding hydrogens is 289 g/mol. The molecule has 0 spiro atoms. The van der Waals surface area contributed by atoms with E-state index >= 15 is 0 Å². The summed E-state index contributed by atoms with van der Waals surface area (Å²) in [6.07, 6.45) is 7.04. The lowest BCUT2D eigenvalue weighted by Gasteiger charge is -2.35. The van der Waals surface area contributed by atoms with Gasteiger partial charge in [-0.2, -0.15) is 0 Å². The van der Waals surface area contributed by atoms with Crippen LogP contribution in [0.3, 0.4) is 0 Å². The summed E-state index contributed by atoms with van der Waals surface area (Å²) in [6.45, 7) is 0. The van der Waals surface area contributed by atoms with Gasteiger partial charge in [-0.15, -0.1) is 0 Å². The molecule has 4 heteroatoms. The van der Waals surface area contributed by atoms with E-state index < -0.39 is 0 Å². The second-order valence-corrected chi connectivity index (χ2v) is 6.37. The molecular formula is C17H25ClFNO. The highest BCUT2D eigenvalue weighted by atomic mass is 35.5. The highest BCUT2D eigenvalue weighted by Crippen LogP contribution is 2.30. The molecule has 2 atom stereocenters. The van der Waals surface area contributed by atoms with Crippen molar-refractivity contribution in [3.05, 3.63) is 34.6 Å². The van der Waals surface area contributed by atoms with Crippen molar-refractivity contribution in [1.29, 1.82) is 0 Å². The van der Waals surface area contributed by atoms with E-state index in [-0.39, 0.29) is 18.0 Å². The Morgan fingerprint density at radius 2 is 2.05 bits per heavy atom. The Kier molecular flexibility index (Phi) is 6.46. The van der Waals surface area contributed by atoms with Gasteiger partial charge in [0.15, 0.2) is 0 Å². The van der Waals surface area contributed by atoms with Gasteiger partial charge in [-0.1, -0.05) is 36.9 Å². The summed E-state index contributed by atoms with van der Waals surface area (Å²) in [5.74, 6) is 0.331. The van der Waals surface area contributed by atoms with Crippen molar-refractivity contribution in [3.8, 4) is 0 Å². The third-order valence-electron chi connectivity index (χ3n) is 4.61. The van der Waals surface area contributed by atoms with Crippen molar-refractivity contribution in [2.75, 3.05) is 14.2 Å². The van der Waals surface area contributed by atoms with Gasteiger partial charge in [0.1, 0.15) is 5.82 Å². The number of halogens is 2. The van der Waals surface area contributed by atoms with E-state index in [1.165, 1.54) is 38.2 Å². The molecule has 0 amide bonds. The molecule has 21 heavy (non-hydrogen) atoms. The van der Waals surface area contributed by atoms with Crippen LogP contribution in [0.4, 0.5) is 4.39 Å². The van der Waals surface area contributed by atoms with Gasteiger partial charge in [0.05, 0.1) is 6.10 Å². The van der Waals surface area contributed by atoms with E-state index in [9.17, 15) is 4.39 Å². The number of rotatable bonds is 6. The summed E-state index contributed by atoms with van der Waals surface area (Å²) < 4.78 is 19.8. The lowest BCUT2D eigenvalue weighted by atomic mass is 9.81. The van der Waals surface area contributed by atoms with Crippen LogP contribution in [0.25, 0.3) is 0 Å². The van der Waals surface area contributed by atoms with Crippen molar-refractivity contribution < 1.29 is 9.13 Å². The average Bonchev–Trinajstić information content (AvgIpc) is 2.50. The van der Waals surface area contributed by atoms with Gasteiger partial charge >= 0.3 is 0 Å². The molecule has 1 saturated carbocycles. The normalized spacial score (nSPS) is 19.4. The second kappa shape index (κ2) is 8.11. The number of ether oxygens (including phenoxy) is 1.